The Balaban J connectivity index is 2.17. The summed E-state index contributed by atoms with van der Waals surface area (Å²) in [5.41, 5.74) is 4.20. The second kappa shape index (κ2) is 5.67. The van der Waals surface area contributed by atoms with E-state index < -0.39 is 0 Å². The molecule has 0 radical (unpaired) electrons. The Morgan fingerprint density at radius 1 is 1.24 bits per heavy atom. The molecule has 3 nitrogen and oxygen atoms in total. The van der Waals surface area contributed by atoms with Gasteiger partial charge in [0.05, 0.1) is 5.69 Å². The van der Waals surface area contributed by atoms with Crippen LogP contribution in [0.25, 0.3) is 0 Å². The Hall–Kier alpha value is -0.830. The molecule has 1 heterocycles. The predicted molar refractivity (Wildman–Crippen MR) is 71.1 cm³/mol. The van der Waals surface area contributed by atoms with Crippen molar-refractivity contribution in [1.82, 2.24) is 15.1 Å². The van der Waals surface area contributed by atoms with Gasteiger partial charge in [0.1, 0.15) is 0 Å². The average Bonchev–Trinajstić information content (AvgIpc) is 3.10. The molecule has 3 heteroatoms. The highest BCUT2D eigenvalue weighted by atomic mass is 15.3. The smallest absolute Gasteiger partial charge is 0.0669 e. The predicted octanol–water partition coefficient (Wildman–Crippen LogP) is 2.67. The van der Waals surface area contributed by atoms with E-state index in [-0.39, 0.29) is 0 Å². The topological polar surface area (TPSA) is 29.9 Å². The molecule has 1 aromatic heterocycles. The maximum absolute atomic E-state index is 4.76. The fraction of sp³-hybridized carbons (Fsp3) is 0.786. The van der Waals surface area contributed by atoms with Gasteiger partial charge in [-0.1, -0.05) is 20.8 Å². The number of nitrogens with one attached hydrogen (secondary N) is 1. The number of rotatable bonds is 7. The number of hydrogen-bond acceptors (Lipinski definition) is 2. The van der Waals surface area contributed by atoms with Crippen molar-refractivity contribution in [3.8, 4) is 0 Å². The van der Waals surface area contributed by atoms with E-state index in [1.165, 1.54) is 29.8 Å². The van der Waals surface area contributed by atoms with E-state index in [2.05, 4.69) is 30.8 Å². The van der Waals surface area contributed by atoms with Gasteiger partial charge >= 0.3 is 0 Å². The van der Waals surface area contributed by atoms with Crippen LogP contribution in [-0.2, 0) is 25.9 Å². The van der Waals surface area contributed by atoms with Gasteiger partial charge in [-0.05, 0) is 32.1 Å². The molecule has 96 valence electrons. The van der Waals surface area contributed by atoms with Gasteiger partial charge in [0.2, 0.25) is 0 Å². The lowest BCUT2D eigenvalue weighted by atomic mass is 10.1. The highest BCUT2D eigenvalue weighted by Gasteiger charge is 2.22. The molecule has 1 saturated carbocycles. The molecule has 2 rings (SSSR count). The zero-order valence-corrected chi connectivity index (χ0v) is 11.4. The lowest BCUT2D eigenvalue weighted by Gasteiger charge is -2.07. The van der Waals surface area contributed by atoms with E-state index in [0.717, 1.165) is 38.4 Å². The van der Waals surface area contributed by atoms with E-state index in [4.69, 9.17) is 5.10 Å². The first-order valence-electron chi connectivity index (χ1n) is 7.10. The maximum Gasteiger partial charge on any atom is 0.0669 e. The second-order valence-electron chi connectivity index (χ2n) is 4.96. The standard InChI is InChI=1S/C14H25N3/c1-4-9-17-14(6-3)12(13(5-2)16-17)10-15-11-7-8-11/h11,15H,4-10H2,1-3H3. The highest BCUT2D eigenvalue weighted by molar-refractivity contribution is 5.27. The molecule has 0 aromatic carbocycles. The minimum Gasteiger partial charge on any atom is -0.310 e. The Morgan fingerprint density at radius 2 is 2.00 bits per heavy atom. The van der Waals surface area contributed by atoms with Crippen molar-refractivity contribution in [1.29, 1.82) is 0 Å². The Bertz CT molecular complexity index is 364. The van der Waals surface area contributed by atoms with Crippen molar-refractivity contribution in [3.05, 3.63) is 17.0 Å². The van der Waals surface area contributed by atoms with Crippen LogP contribution in [-0.4, -0.2) is 15.8 Å². The zero-order valence-electron chi connectivity index (χ0n) is 11.4. The third-order valence-electron chi connectivity index (χ3n) is 3.50. The van der Waals surface area contributed by atoms with E-state index in [1.54, 1.807) is 0 Å². The van der Waals surface area contributed by atoms with Gasteiger partial charge in [-0.15, -0.1) is 0 Å². The first-order valence-corrected chi connectivity index (χ1v) is 7.10. The largest absolute Gasteiger partial charge is 0.310 e. The summed E-state index contributed by atoms with van der Waals surface area (Å²) in [7, 11) is 0. The number of aromatic nitrogens is 2. The van der Waals surface area contributed by atoms with Gasteiger partial charge in [0.15, 0.2) is 0 Å². The van der Waals surface area contributed by atoms with E-state index in [9.17, 15) is 0 Å². The Labute approximate surface area is 105 Å². The van der Waals surface area contributed by atoms with Crippen molar-refractivity contribution in [2.75, 3.05) is 0 Å². The molecule has 1 aliphatic carbocycles. The summed E-state index contributed by atoms with van der Waals surface area (Å²) in [6.45, 7) is 8.73. The summed E-state index contributed by atoms with van der Waals surface area (Å²) in [6, 6.07) is 0.777. The third kappa shape index (κ3) is 2.89. The molecule has 1 N–H and O–H groups in total. The molecular formula is C14H25N3. The van der Waals surface area contributed by atoms with Gasteiger partial charge < -0.3 is 5.32 Å². The van der Waals surface area contributed by atoms with Gasteiger partial charge in [0, 0.05) is 30.4 Å². The summed E-state index contributed by atoms with van der Waals surface area (Å²) in [6.07, 6.45) is 6.01. The summed E-state index contributed by atoms with van der Waals surface area (Å²) in [4.78, 5) is 0. The van der Waals surface area contributed by atoms with Gasteiger partial charge in [-0.2, -0.15) is 5.10 Å². The van der Waals surface area contributed by atoms with Crippen LogP contribution in [0.2, 0.25) is 0 Å². The summed E-state index contributed by atoms with van der Waals surface area (Å²) in [5, 5.41) is 8.39. The van der Waals surface area contributed by atoms with Crippen LogP contribution in [0.4, 0.5) is 0 Å². The van der Waals surface area contributed by atoms with Crippen molar-refractivity contribution < 1.29 is 0 Å². The molecule has 1 aliphatic rings. The molecule has 1 fully saturated rings. The van der Waals surface area contributed by atoms with Crippen molar-refractivity contribution in [2.24, 2.45) is 0 Å². The van der Waals surface area contributed by atoms with Crippen molar-refractivity contribution >= 4 is 0 Å². The van der Waals surface area contributed by atoms with Crippen LogP contribution in [0, 0.1) is 0 Å². The molecule has 0 unspecified atom stereocenters. The van der Waals surface area contributed by atoms with Crippen LogP contribution in [0.3, 0.4) is 0 Å². The molecule has 0 bridgehead atoms. The van der Waals surface area contributed by atoms with E-state index in [1.807, 2.05) is 0 Å². The normalized spacial score (nSPS) is 15.5. The fourth-order valence-electron chi connectivity index (χ4n) is 2.40. The molecule has 0 spiro atoms. The lowest BCUT2D eigenvalue weighted by molar-refractivity contribution is 0.569. The van der Waals surface area contributed by atoms with Crippen LogP contribution >= 0.6 is 0 Å². The quantitative estimate of drug-likeness (QED) is 0.787. The zero-order chi connectivity index (χ0) is 12.3. The Morgan fingerprint density at radius 3 is 2.53 bits per heavy atom. The van der Waals surface area contributed by atoms with E-state index >= 15 is 0 Å². The van der Waals surface area contributed by atoms with Crippen molar-refractivity contribution in [3.63, 3.8) is 0 Å². The van der Waals surface area contributed by atoms with Crippen LogP contribution in [0.5, 0.6) is 0 Å². The third-order valence-corrected chi connectivity index (χ3v) is 3.50. The molecule has 0 aliphatic heterocycles. The average molecular weight is 235 g/mol. The van der Waals surface area contributed by atoms with E-state index in [0.29, 0.717) is 0 Å². The van der Waals surface area contributed by atoms with Crippen LogP contribution in [0.1, 0.15) is 57.0 Å². The molecule has 0 amide bonds. The van der Waals surface area contributed by atoms with Crippen LogP contribution in [0.15, 0.2) is 0 Å². The Kier molecular flexibility index (Phi) is 4.21. The summed E-state index contributed by atoms with van der Waals surface area (Å²) in [5.74, 6) is 0. The molecule has 17 heavy (non-hydrogen) atoms. The minimum atomic E-state index is 0.777. The van der Waals surface area contributed by atoms with Gasteiger partial charge in [-0.3, -0.25) is 4.68 Å². The number of nitrogens with zero attached hydrogens (tertiary/aromatic N) is 2. The van der Waals surface area contributed by atoms with Gasteiger partial charge in [-0.25, -0.2) is 0 Å². The first kappa shape index (κ1) is 12.6. The molecule has 0 saturated heterocycles. The second-order valence-corrected chi connectivity index (χ2v) is 4.96. The number of hydrogen-bond donors (Lipinski definition) is 1. The number of aryl methyl sites for hydroxylation is 2. The SMILES string of the molecule is CCCn1nc(CC)c(CNC2CC2)c1CC. The molecule has 0 atom stereocenters. The van der Waals surface area contributed by atoms with Gasteiger partial charge in [0.25, 0.3) is 0 Å². The first-order chi connectivity index (χ1) is 8.30. The minimum absolute atomic E-state index is 0.777. The highest BCUT2D eigenvalue weighted by Crippen LogP contribution is 2.22. The molecule has 1 aromatic rings. The summed E-state index contributed by atoms with van der Waals surface area (Å²) >= 11 is 0. The monoisotopic (exact) mass is 235 g/mol. The van der Waals surface area contributed by atoms with Crippen LogP contribution < -0.4 is 5.32 Å². The lowest BCUT2D eigenvalue weighted by Crippen LogP contribution is -2.17. The maximum atomic E-state index is 4.76. The fourth-order valence-corrected chi connectivity index (χ4v) is 2.40. The molecular weight excluding hydrogens is 210 g/mol. The van der Waals surface area contributed by atoms with Crippen molar-refractivity contribution in [2.45, 2.75) is 72.0 Å². The summed E-state index contributed by atoms with van der Waals surface area (Å²) < 4.78 is 2.22.